The van der Waals surface area contributed by atoms with Gasteiger partial charge in [0.25, 0.3) is 0 Å². The van der Waals surface area contributed by atoms with E-state index in [0.717, 1.165) is 28.2 Å². The Kier molecular flexibility index (Phi) is 3.76. The zero-order valence-corrected chi connectivity index (χ0v) is 13.4. The second kappa shape index (κ2) is 6.07. The number of aromatic nitrogens is 4. The lowest BCUT2D eigenvalue weighted by Crippen LogP contribution is -2.21. The van der Waals surface area contributed by atoms with Gasteiger partial charge in [-0.25, -0.2) is 14.4 Å². The maximum absolute atomic E-state index is 13.4. The lowest BCUT2D eigenvalue weighted by molar-refractivity contribution is 0.341. The van der Waals surface area contributed by atoms with E-state index in [4.69, 9.17) is 4.74 Å². The molecule has 1 saturated heterocycles. The number of H-pyrrole nitrogens is 1. The van der Waals surface area contributed by atoms with Crippen LogP contribution in [0.5, 0.6) is 5.75 Å². The van der Waals surface area contributed by atoms with Gasteiger partial charge in [0, 0.05) is 18.0 Å². The van der Waals surface area contributed by atoms with Gasteiger partial charge in [0.2, 0.25) is 0 Å². The predicted molar refractivity (Wildman–Crippen MR) is 90.0 cm³/mol. The molecule has 1 atom stereocenters. The van der Waals surface area contributed by atoms with Crippen molar-refractivity contribution >= 4 is 16.7 Å². The predicted octanol–water partition coefficient (Wildman–Crippen LogP) is 2.97. The monoisotopic (exact) mass is 327 g/mol. The Balaban J connectivity index is 1.73. The number of hydrogen-bond acceptors (Lipinski definition) is 5. The highest BCUT2D eigenvalue weighted by atomic mass is 19.1. The fourth-order valence-corrected chi connectivity index (χ4v) is 3.02. The molecule has 124 valence electrons. The van der Waals surface area contributed by atoms with Crippen LogP contribution >= 0.6 is 0 Å². The van der Waals surface area contributed by atoms with Crippen molar-refractivity contribution in [3.8, 4) is 17.1 Å². The molecule has 0 amide bonds. The number of halogens is 1. The van der Waals surface area contributed by atoms with Crippen LogP contribution in [-0.4, -0.2) is 46.0 Å². The second-order valence-electron chi connectivity index (χ2n) is 5.81. The summed E-state index contributed by atoms with van der Waals surface area (Å²) in [6, 6.07) is 7.66. The first kappa shape index (κ1) is 14.9. The summed E-state index contributed by atoms with van der Waals surface area (Å²) in [4.78, 5) is 10.6. The van der Waals surface area contributed by atoms with E-state index in [9.17, 15) is 4.39 Å². The summed E-state index contributed by atoms with van der Waals surface area (Å²) in [5.74, 6) is 1.53. The Hall–Kier alpha value is -2.70. The second-order valence-corrected chi connectivity index (χ2v) is 5.81. The highest BCUT2D eigenvalue weighted by Crippen LogP contribution is 2.30. The van der Waals surface area contributed by atoms with E-state index in [1.165, 1.54) is 6.33 Å². The van der Waals surface area contributed by atoms with Gasteiger partial charge in [0.05, 0.1) is 24.4 Å². The Morgan fingerprint density at radius 2 is 2.25 bits per heavy atom. The van der Waals surface area contributed by atoms with E-state index in [1.807, 2.05) is 36.1 Å². The van der Waals surface area contributed by atoms with Gasteiger partial charge < -0.3 is 9.64 Å². The van der Waals surface area contributed by atoms with Gasteiger partial charge in [-0.2, -0.15) is 5.10 Å². The molecule has 1 aliphatic heterocycles. The minimum Gasteiger partial charge on any atom is -0.494 e. The van der Waals surface area contributed by atoms with Crippen molar-refractivity contribution in [2.45, 2.75) is 19.5 Å². The van der Waals surface area contributed by atoms with Gasteiger partial charge in [-0.05, 0) is 31.5 Å². The van der Waals surface area contributed by atoms with E-state index in [-0.39, 0.29) is 0 Å². The van der Waals surface area contributed by atoms with Crippen molar-refractivity contribution in [1.29, 1.82) is 0 Å². The smallest absolute Gasteiger partial charge is 0.132 e. The fraction of sp³-hybridized carbons (Fsp3) is 0.353. The Labute approximate surface area is 138 Å². The maximum atomic E-state index is 13.4. The third-order valence-electron chi connectivity index (χ3n) is 4.20. The highest BCUT2D eigenvalue weighted by molar-refractivity contribution is 5.93. The molecule has 3 heterocycles. The fourth-order valence-electron chi connectivity index (χ4n) is 3.02. The Morgan fingerprint density at radius 1 is 1.33 bits per heavy atom. The lowest BCUT2D eigenvalue weighted by Gasteiger charge is -2.16. The average Bonchev–Trinajstić information content (AvgIpc) is 3.21. The molecule has 3 aromatic rings. The zero-order chi connectivity index (χ0) is 16.5. The van der Waals surface area contributed by atoms with E-state index in [0.29, 0.717) is 31.8 Å². The number of benzene rings is 1. The number of nitrogens with zero attached hydrogens (tertiary/aromatic N) is 4. The van der Waals surface area contributed by atoms with Crippen molar-refractivity contribution < 1.29 is 9.13 Å². The molecule has 24 heavy (non-hydrogen) atoms. The molecule has 0 spiro atoms. The highest BCUT2D eigenvalue weighted by Gasteiger charge is 2.23. The number of ether oxygens (including phenoxy) is 1. The number of fused-ring (bicyclic) bond motifs is 1. The lowest BCUT2D eigenvalue weighted by atomic mass is 10.1. The standard InChI is InChI=1S/C17H18FN5O/c1-2-24-12-3-4-14-13(7-12)17(22-21-14)15-8-16(20-10-19-15)23-6-5-11(18)9-23/h3-4,7-8,10-11H,2,5-6,9H2,1H3,(H,21,22). The van der Waals surface area contributed by atoms with Crippen molar-refractivity contribution in [3.63, 3.8) is 0 Å². The first-order chi connectivity index (χ1) is 11.7. The molecule has 1 N–H and O–H groups in total. The van der Waals surface area contributed by atoms with Crippen LogP contribution in [0.4, 0.5) is 10.2 Å². The van der Waals surface area contributed by atoms with Gasteiger partial charge >= 0.3 is 0 Å². The number of alkyl halides is 1. The maximum Gasteiger partial charge on any atom is 0.132 e. The van der Waals surface area contributed by atoms with Gasteiger partial charge in [0.1, 0.15) is 29.8 Å². The van der Waals surface area contributed by atoms with Crippen LogP contribution < -0.4 is 9.64 Å². The molecule has 0 radical (unpaired) electrons. The summed E-state index contributed by atoms with van der Waals surface area (Å²) in [5, 5.41) is 8.34. The van der Waals surface area contributed by atoms with Crippen molar-refractivity contribution in [2.75, 3.05) is 24.6 Å². The molecular weight excluding hydrogens is 309 g/mol. The molecule has 4 rings (SSSR count). The molecular formula is C17H18FN5O. The van der Waals surface area contributed by atoms with Gasteiger partial charge in [-0.15, -0.1) is 0 Å². The largest absolute Gasteiger partial charge is 0.494 e. The first-order valence-electron chi connectivity index (χ1n) is 8.07. The number of rotatable bonds is 4. The van der Waals surface area contributed by atoms with Gasteiger partial charge in [-0.3, -0.25) is 5.10 Å². The third kappa shape index (κ3) is 2.66. The zero-order valence-electron chi connectivity index (χ0n) is 13.4. The SMILES string of the molecule is CCOc1ccc2[nH]nc(-c3cc(N4CCC(F)C4)ncn3)c2c1. The first-order valence-corrected chi connectivity index (χ1v) is 8.07. The summed E-state index contributed by atoms with van der Waals surface area (Å²) in [6.07, 6.45) is 1.26. The summed E-state index contributed by atoms with van der Waals surface area (Å²) >= 11 is 0. The minimum atomic E-state index is -0.789. The van der Waals surface area contributed by atoms with Crippen LogP contribution in [0.15, 0.2) is 30.6 Å². The van der Waals surface area contributed by atoms with Crippen LogP contribution in [0.25, 0.3) is 22.3 Å². The molecule has 1 unspecified atom stereocenters. The molecule has 1 aliphatic rings. The van der Waals surface area contributed by atoms with Gasteiger partial charge in [-0.1, -0.05) is 0 Å². The molecule has 2 aromatic heterocycles. The number of nitrogens with one attached hydrogen (secondary N) is 1. The summed E-state index contributed by atoms with van der Waals surface area (Å²) < 4.78 is 19.0. The summed E-state index contributed by atoms with van der Waals surface area (Å²) in [7, 11) is 0. The molecule has 7 heteroatoms. The summed E-state index contributed by atoms with van der Waals surface area (Å²) in [6.45, 7) is 3.61. The Bertz CT molecular complexity index is 865. The van der Waals surface area contributed by atoms with Crippen LogP contribution in [0.1, 0.15) is 13.3 Å². The summed E-state index contributed by atoms with van der Waals surface area (Å²) in [5.41, 5.74) is 2.37. The van der Waals surface area contributed by atoms with Crippen LogP contribution in [0.2, 0.25) is 0 Å². The number of anilines is 1. The third-order valence-corrected chi connectivity index (χ3v) is 4.20. The molecule has 0 aliphatic carbocycles. The van der Waals surface area contributed by atoms with E-state index in [2.05, 4.69) is 20.2 Å². The van der Waals surface area contributed by atoms with E-state index >= 15 is 0 Å². The van der Waals surface area contributed by atoms with E-state index in [1.54, 1.807) is 0 Å². The molecule has 1 fully saturated rings. The minimum absolute atomic E-state index is 0.381. The van der Waals surface area contributed by atoms with Crippen molar-refractivity contribution in [1.82, 2.24) is 20.2 Å². The normalized spacial score (nSPS) is 17.6. The Morgan fingerprint density at radius 3 is 3.04 bits per heavy atom. The van der Waals surface area contributed by atoms with Crippen LogP contribution in [0.3, 0.4) is 0 Å². The quantitative estimate of drug-likeness (QED) is 0.798. The van der Waals surface area contributed by atoms with Crippen LogP contribution in [0, 0.1) is 0 Å². The van der Waals surface area contributed by atoms with Crippen LogP contribution in [-0.2, 0) is 0 Å². The molecule has 0 saturated carbocycles. The molecule has 6 nitrogen and oxygen atoms in total. The molecule has 0 bridgehead atoms. The topological polar surface area (TPSA) is 66.9 Å². The van der Waals surface area contributed by atoms with E-state index < -0.39 is 6.17 Å². The van der Waals surface area contributed by atoms with Crippen molar-refractivity contribution in [2.24, 2.45) is 0 Å². The average molecular weight is 327 g/mol. The van der Waals surface area contributed by atoms with Crippen molar-refractivity contribution in [3.05, 3.63) is 30.6 Å². The number of aromatic amines is 1. The van der Waals surface area contributed by atoms with Gasteiger partial charge in [0.15, 0.2) is 0 Å². The number of hydrogen-bond donors (Lipinski definition) is 1. The molecule has 1 aromatic carbocycles.